The molecule has 0 atom stereocenters. The molecular weight excluding hydrogens is 310 g/mol. The van der Waals surface area contributed by atoms with E-state index in [0.717, 1.165) is 10.00 Å². The van der Waals surface area contributed by atoms with Crippen LogP contribution >= 0.6 is 11.3 Å². The molecule has 112 valence electrons. The number of hydrogen-bond acceptors (Lipinski definition) is 5. The third-order valence-electron chi connectivity index (χ3n) is 2.73. The quantitative estimate of drug-likeness (QED) is 0.932. The normalized spacial score (nSPS) is 11.6. The summed E-state index contributed by atoms with van der Waals surface area (Å²) in [5, 5.41) is 5.02. The lowest BCUT2D eigenvalue weighted by molar-refractivity contribution is 0.102. The first kappa shape index (κ1) is 15.6. The van der Waals surface area contributed by atoms with E-state index in [0.29, 0.717) is 10.7 Å². The number of thiazole rings is 1. The van der Waals surface area contributed by atoms with Crippen molar-refractivity contribution in [3.8, 4) is 0 Å². The summed E-state index contributed by atoms with van der Waals surface area (Å²) in [6.45, 7) is 1.84. The van der Waals surface area contributed by atoms with Crippen LogP contribution in [0.5, 0.6) is 0 Å². The molecule has 0 unspecified atom stereocenters. The lowest BCUT2D eigenvalue weighted by Gasteiger charge is -2.11. The van der Waals surface area contributed by atoms with Crippen molar-refractivity contribution in [2.45, 2.75) is 11.8 Å². The largest absolute Gasteiger partial charge is 0.298 e. The van der Waals surface area contributed by atoms with Gasteiger partial charge in [-0.25, -0.2) is 17.7 Å². The molecule has 6 nitrogen and oxygen atoms in total. The van der Waals surface area contributed by atoms with Crippen LogP contribution in [0, 0.1) is 6.92 Å². The first-order valence-electron chi connectivity index (χ1n) is 6.07. The molecule has 0 spiro atoms. The number of nitrogens with one attached hydrogen (secondary N) is 1. The summed E-state index contributed by atoms with van der Waals surface area (Å²) < 4.78 is 25.0. The minimum Gasteiger partial charge on any atom is -0.298 e. The molecule has 2 rings (SSSR count). The van der Waals surface area contributed by atoms with Crippen LogP contribution < -0.4 is 5.32 Å². The van der Waals surface area contributed by atoms with Gasteiger partial charge in [0.2, 0.25) is 10.0 Å². The van der Waals surface area contributed by atoms with Crippen molar-refractivity contribution < 1.29 is 13.2 Å². The Balaban J connectivity index is 2.17. The third-order valence-corrected chi connectivity index (χ3v) is 5.44. The number of sulfonamides is 1. The van der Waals surface area contributed by atoms with E-state index in [1.165, 1.54) is 49.7 Å². The van der Waals surface area contributed by atoms with Gasteiger partial charge in [-0.2, -0.15) is 0 Å². The Labute approximate surface area is 127 Å². The minimum absolute atomic E-state index is 0.147. The summed E-state index contributed by atoms with van der Waals surface area (Å²) in [7, 11) is -0.565. The molecule has 1 aromatic heterocycles. The Morgan fingerprint density at radius 2 is 1.86 bits per heavy atom. The van der Waals surface area contributed by atoms with Gasteiger partial charge in [-0.3, -0.25) is 10.1 Å². The maximum atomic E-state index is 12.0. The van der Waals surface area contributed by atoms with Crippen molar-refractivity contribution in [1.82, 2.24) is 9.29 Å². The predicted molar refractivity (Wildman–Crippen MR) is 82.1 cm³/mol. The molecule has 2 aromatic rings. The van der Waals surface area contributed by atoms with Gasteiger partial charge >= 0.3 is 0 Å². The average molecular weight is 325 g/mol. The van der Waals surface area contributed by atoms with Crippen LogP contribution in [0.15, 0.2) is 34.5 Å². The van der Waals surface area contributed by atoms with E-state index in [1.807, 2.05) is 12.3 Å². The number of amides is 1. The molecule has 1 N–H and O–H groups in total. The highest BCUT2D eigenvalue weighted by Crippen LogP contribution is 2.17. The van der Waals surface area contributed by atoms with Crippen molar-refractivity contribution in [1.29, 1.82) is 0 Å². The summed E-state index contributed by atoms with van der Waals surface area (Å²) in [5.41, 5.74) is 1.21. The fourth-order valence-corrected chi connectivity index (χ4v) is 3.15. The molecule has 21 heavy (non-hydrogen) atoms. The summed E-state index contributed by atoms with van der Waals surface area (Å²) >= 11 is 1.34. The number of carbonyl (C=O) groups excluding carboxylic acids is 1. The monoisotopic (exact) mass is 325 g/mol. The fraction of sp³-hybridized carbons (Fsp3) is 0.231. The van der Waals surface area contributed by atoms with Crippen molar-refractivity contribution >= 4 is 32.4 Å². The van der Waals surface area contributed by atoms with Crippen molar-refractivity contribution in [2.24, 2.45) is 0 Å². The second kappa shape index (κ2) is 5.92. The Morgan fingerprint density at radius 3 is 2.33 bits per heavy atom. The molecule has 0 radical (unpaired) electrons. The predicted octanol–water partition coefficient (Wildman–Crippen LogP) is 1.95. The molecule has 0 bridgehead atoms. The van der Waals surface area contributed by atoms with Crippen molar-refractivity contribution in [3.63, 3.8) is 0 Å². The number of anilines is 1. The van der Waals surface area contributed by atoms with E-state index < -0.39 is 10.0 Å². The van der Waals surface area contributed by atoms with E-state index in [4.69, 9.17) is 0 Å². The fourth-order valence-electron chi connectivity index (χ4n) is 1.57. The van der Waals surface area contributed by atoms with Crippen molar-refractivity contribution in [3.05, 3.63) is 40.9 Å². The zero-order valence-corrected chi connectivity index (χ0v) is 13.5. The maximum absolute atomic E-state index is 12.0. The Hall–Kier alpha value is -1.77. The number of aromatic nitrogens is 1. The Kier molecular flexibility index (Phi) is 4.40. The van der Waals surface area contributed by atoms with Gasteiger partial charge in [0.1, 0.15) is 0 Å². The molecule has 1 amide bonds. The highest BCUT2D eigenvalue weighted by Gasteiger charge is 2.17. The molecule has 8 heteroatoms. The number of nitrogens with zero attached hydrogens (tertiary/aromatic N) is 2. The number of hydrogen-bond donors (Lipinski definition) is 1. The third kappa shape index (κ3) is 3.46. The first-order chi connectivity index (χ1) is 9.80. The van der Waals surface area contributed by atoms with Crippen LogP contribution in [0.25, 0.3) is 0 Å². The highest BCUT2D eigenvalue weighted by atomic mass is 32.2. The summed E-state index contributed by atoms with van der Waals surface area (Å²) in [5.74, 6) is -0.321. The number of rotatable bonds is 4. The van der Waals surface area contributed by atoms with Gasteiger partial charge in [-0.05, 0) is 31.2 Å². The lowest BCUT2D eigenvalue weighted by atomic mass is 10.2. The van der Waals surface area contributed by atoms with Crippen LogP contribution in [-0.4, -0.2) is 37.7 Å². The Morgan fingerprint density at radius 1 is 1.24 bits per heavy atom. The van der Waals surface area contributed by atoms with Gasteiger partial charge in [-0.15, -0.1) is 11.3 Å². The molecule has 0 aliphatic heterocycles. The first-order valence-corrected chi connectivity index (χ1v) is 8.39. The molecule has 1 heterocycles. The zero-order valence-electron chi connectivity index (χ0n) is 11.8. The van der Waals surface area contributed by atoms with Gasteiger partial charge < -0.3 is 0 Å². The molecule has 0 fully saturated rings. The van der Waals surface area contributed by atoms with Gasteiger partial charge in [0.05, 0.1) is 10.6 Å². The standard InChI is InChI=1S/C13H15N3O3S2/c1-9-8-20-13(14-9)15-12(17)10-4-6-11(7-5-10)21(18,19)16(2)3/h4-8H,1-3H3,(H,14,15,17). The van der Waals surface area contributed by atoms with Crippen LogP contribution in [-0.2, 0) is 10.0 Å². The molecule has 0 aliphatic carbocycles. The molecule has 0 saturated carbocycles. The van der Waals surface area contributed by atoms with Gasteiger partial charge in [0.25, 0.3) is 5.91 Å². The van der Waals surface area contributed by atoms with E-state index in [2.05, 4.69) is 10.3 Å². The summed E-state index contributed by atoms with van der Waals surface area (Å²) in [4.78, 5) is 16.3. The van der Waals surface area contributed by atoms with E-state index in [-0.39, 0.29) is 10.8 Å². The van der Waals surface area contributed by atoms with E-state index >= 15 is 0 Å². The van der Waals surface area contributed by atoms with E-state index in [1.54, 1.807) is 0 Å². The number of carbonyl (C=O) groups is 1. The second-order valence-electron chi connectivity index (χ2n) is 4.56. The molecule has 0 aliphatic rings. The van der Waals surface area contributed by atoms with Gasteiger partial charge in [-0.1, -0.05) is 0 Å². The topological polar surface area (TPSA) is 79.4 Å². The highest BCUT2D eigenvalue weighted by molar-refractivity contribution is 7.89. The second-order valence-corrected chi connectivity index (χ2v) is 7.57. The van der Waals surface area contributed by atoms with Crippen LogP contribution in [0.3, 0.4) is 0 Å². The van der Waals surface area contributed by atoms with Gasteiger partial charge in [0, 0.05) is 25.0 Å². The molecule has 1 aromatic carbocycles. The van der Waals surface area contributed by atoms with E-state index in [9.17, 15) is 13.2 Å². The average Bonchev–Trinajstić information content (AvgIpc) is 2.84. The number of benzene rings is 1. The lowest BCUT2D eigenvalue weighted by Crippen LogP contribution is -2.22. The molecule has 0 saturated heterocycles. The van der Waals surface area contributed by atoms with Crippen LogP contribution in [0.2, 0.25) is 0 Å². The number of aryl methyl sites for hydroxylation is 1. The SMILES string of the molecule is Cc1csc(NC(=O)c2ccc(S(=O)(=O)N(C)C)cc2)n1. The smallest absolute Gasteiger partial charge is 0.257 e. The molecular formula is C13H15N3O3S2. The van der Waals surface area contributed by atoms with Crippen LogP contribution in [0.4, 0.5) is 5.13 Å². The van der Waals surface area contributed by atoms with Crippen molar-refractivity contribution in [2.75, 3.05) is 19.4 Å². The summed E-state index contributed by atoms with van der Waals surface area (Å²) in [6, 6.07) is 5.78. The zero-order chi connectivity index (χ0) is 15.6. The van der Waals surface area contributed by atoms with Gasteiger partial charge in [0.15, 0.2) is 5.13 Å². The van der Waals surface area contributed by atoms with Crippen LogP contribution in [0.1, 0.15) is 16.1 Å². The maximum Gasteiger partial charge on any atom is 0.257 e. The minimum atomic E-state index is -3.48. The Bertz CT molecular complexity index is 749. The summed E-state index contributed by atoms with van der Waals surface area (Å²) in [6.07, 6.45) is 0.